The number of nitrogen functional groups attached to an aromatic ring is 1. The smallest absolute Gasteiger partial charge is 0.223 e. The second-order valence-electron chi connectivity index (χ2n) is 7.62. The molecule has 1 saturated carbocycles. The summed E-state index contributed by atoms with van der Waals surface area (Å²) >= 11 is 1.45. The molecule has 5 nitrogen and oxygen atoms in total. The molecule has 2 heterocycles. The molecule has 134 valence electrons. The highest BCUT2D eigenvalue weighted by molar-refractivity contribution is 7.13. The van der Waals surface area contributed by atoms with Crippen molar-refractivity contribution in [2.75, 3.05) is 31.9 Å². The molecular formula is C18H30N4OS. The first-order chi connectivity index (χ1) is 11.5. The van der Waals surface area contributed by atoms with Crippen molar-refractivity contribution in [3.63, 3.8) is 0 Å². The minimum absolute atomic E-state index is 0.264. The van der Waals surface area contributed by atoms with E-state index in [1.54, 1.807) is 0 Å². The number of rotatable bonds is 6. The van der Waals surface area contributed by atoms with Gasteiger partial charge in [-0.25, -0.2) is 4.98 Å². The Bertz CT molecular complexity index is 555. The molecule has 3 rings (SSSR count). The molecule has 1 aromatic rings. The van der Waals surface area contributed by atoms with Crippen molar-refractivity contribution in [3.05, 3.63) is 11.1 Å². The van der Waals surface area contributed by atoms with E-state index in [4.69, 9.17) is 5.73 Å². The number of nitrogens with two attached hydrogens (primary N) is 1. The maximum atomic E-state index is 12.7. The van der Waals surface area contributed by atoms with E-state index in [1.807, 2.05) is 5.38 Å². The number of hydrogen-bond donors (Lipinski definition) is 1. The predicted molar refractivity (Wildman–Crippen MR) is 99.0 cm³/mol. The quantitative estimate of drug-likeness (QED) is 0.857. The summed E-state index contributed by atoms with van der Waals surface area (Å²) in [6.07, 6.45) is 5.10. The van der Waals surface area contributed by atoms with Crippen molar-refractivity contribution >= 4 is 22.4 Å². The van der Waals surface area contributed by atoms with Crippen LogP contribution in [0.1, 0.15) is 45.2 Å². The Morgan fingerprint density at radius 2 is 2.21 bits per heavy atom. The third kappa shape index (κ3) is 4.70. The molecule has 1 aromatic heterocycles. The van der Waals surface area contributed by atoms with Crippen LogP contribution in [0.2, 0.25) is 0 Å². The standard InChI is InChI=1S/C18H30N4OS/c1-13(2)16-11-22(9-3-8-21(16)10-14-4-5-14)17(23)7-6-15-12-24-18(19)20-15/h12-14,16H,3-11H2,1-2H3,(H2,19,20)/t16-/m1/s1. The molecule has 6 heteroatoms. The van der Waals surface area contributed by atoms with Gasteiger partial charge in [-0.1, -0.05) is 13.8 Å². The number of amides is 1. The van der Waals surface area contributed by atoms with Gasteiger partial charge in [0.15, 0.2) is 5.13 Å². The molecule has 1 saturated heterocycles. The summed E-state index contributed by atoms with van der Waals surface area (Å²) in [4.78, 5) is 21.7. The van der Waals surface area contributed by atoms with Crippen LogP contribution in [0.3, 0.4) is 0 Å². The zero-order valence-corrected chi connectivity index (χ0v) is 15.7. The lowest BCUT2D eigenvalue weighted by atomic mass is 10.0. The third-order valence-corrected chi connectivity index (χ3v) is 5.95. The second kappa shape index (κ2) is 7.83. The van der Waals surface area contributed by atoms with E-state index in [0.29, 0.717) is 29.9 Å². The van der Waals surface area contributed by atoms with Crippen molar-refractivity contribution in [1.82, 2.24) is 14.8 Å². The van der Waals surface area contributed by atoms with Crippen LogP contribution in [-0.4, -0.2) is 52.9 Å². The number of hydrogen-bond acceptors (Lipinski definition) is 5. The van der Waals surface area contributed by atoms with E-state index in [2.05, 4.69) is 28.6 Å². The summed E-state index contributed by atoms with van der Waals surface area (Å²) in [5.41, 5.74) is 6.61. The van der Waals surface area contributed by atoms with Crippen molar-refractivity contribution in [3.8, 4) is 0 Å². The van der Waals surface area contributed by atoms with Crippen LogP contribution in [0.15, 0.2) is 5.38 Å². The van der Waals surface area contributed by atoms with Gasteiger partial charge in [0.25, 0.3) is 0 Å². The largest absolute Gasteiger partial charge is 0.375 e. The highest BCUT2D eigenvalue weighted by atomic mass is 32.1. The monoisotopic (exact) mass is 350 g/mol. The SMILES string of the molecule is CC(C)[C@H]1CN(C(=O)CCc2csc(N)n2)CCCN1CC1CC1. The first kappa shape index (κ1) is 17.7. The number of thiazole rings is 1. The van der Waals surface area contributed by atoms with Gasteiger partial charge < -0.3 is 10.6 Å². The Morgan fingerprint density at radius 1 is 1.42 bits per heavy atom. The van der Waals surface area contributed by atoms with Gasteiger partial charge in [0.05, 0.1) is 5.69 Å². The predicted octanol–water partition coefficient (Wildman–Crippen LogP) is 2.63. The third-order valence-electron chi connectivity index (χ3n) is 5.23. The number of carbonyl (C=O) groups excluding carboxylic acids is 1. The first-order valence-corrected chi connectivity index (χ1v) is 10.1. The molecule has 0 aromatic carbocycles. The van der Waals surface area contributed by atoms with Gasteiger partial charge in [0, 0.05) is 44.0 Å². The first-order valence-electron chi connectivity index (χ1n) is 9.24. The number of anilines is 1. The van der Waals surface area contributed by atoms with E-state index in [1.165, 1.54) is 30.7 Å². The van der Waals surface area contributed by atoms with E-state index >= 15 is 0 Å². The second-order valence-corrected chi connectivity index (χ2v) is 8.51. The summed E-state index contributed by atoms with van der Waals surface area (Å²) in [6.45, 7) is 8.70. The molecular weight excluding hydrogens is 320 g/mol. The van der Waals surface area contributed by atoms with Crippen molar-refractivity contribution in [2.24, 2.45) is 11.8 Å². The Hall–Kier alpha value is -1.14. The van der Waals surface area contributed by atoms with E-state index in [0.717, 1.165) is 37.7 Å². The van der Waals surface area contributed by atoms with Gasteiger partial charge in [-0.15, -0.1) is 11.3 Å². The molecule has 1 atom stereocenters. The van der Waals surface area contributed by atoms with Crippen LogP contribution in [0, 0.1) is 11.8 Å². The lowest BCUT2D eigenvalue weighted by Crippen LogP contribution is -2.46. The lowest BCUT2D eigenvalue weighted by Gasteiger charge is -2.34. The number of aryl methyl sites for hydroxylation is 1. The molecule has 0 unspecified atom stereocenters. The summed E-state index contributed by atoms with van der Waals surface area (Å²) < 4.78 is 0. The Labute approximate surface area is 149 Å². The van der Waals surface area contributed by atoms with Gasteiger partial charge in [-0.05, 0) is 37.5 Å². The van der Waals surface area contributed by atoms with Gasteiger partial charge in [-0.2, -0.15) is 0 Å². The van der Waals surface area contributed by atoms with Crippen LogP contribution in [0.25, 0.3) is 0 Å². The van der Waals surface area contributed by atoms with E-state index in [-0.39, 0.29) is 5.91 Å². The molecule has 1 aliphatic carbocycles. The fraction of sp³-hybridized carbons (Fsp3) is 0.778. The van der Waals surface area contributed by atoms with Gasteiger partial charge in [-0.3, -0.25) is 9.69 Å². The summed E-state index contributed by atoms with van der Waals surface area (Å²) in [5.74, 6) is 1.75. The van der Waals surface area contributed by atoms with Gasteiger partial charge in [0.2, 0.25) is 5.91 Å². The highest BCUT2D eigenvalue weighted by Gasteiger charge is 2.33. The molecule has 1 aliphatic heterocycles. The van der Waals surface area contributed by atoms with Crippen LogP contribution >= 0.6 is 11.3 Å². The minimum Gasteiger partial charge on any atom is -0.375 e. The molecule has 0 radical (unpaired) electrons. The molecule has 0 spiro atoms. The Balaban J connectivity index is 1.56. The van der Waals surface area contributed by atoms with Gasteiger partial charge in [0.1, 0.15) is 0 Å². The molecule has 24 heavy (non-hydrogen) atoms. The van der Waals surface area contributed by atoms with Crippen molar-refractivity contribution in [1.29, 1.82) is 0 Å². The van der Waals surface area contributed by atoms with Crippen LogP contribution in [0.5, 0.6) is 0 Å². The number of aromatic nitrogens is 1. The fourth-order valence-electron chi connectivity index (χ4n) is 3.61. The minimum atomic E-state index is 0.264. The van der Waals surface area contributed by atoms with Crippen LogP contribution in [-0.2, 0) is 11.2 Å². The van der Waals surface area contributed by atoms with Crippen LogP contribution in [0.4, 0.5) is 5.13 Å². The molecule has 2 aliphatic rings. The summed E-state index contributed by atoms with van der Waals surface area (Å²) in [7, 11) is 0. The fourth-order valence-corrected chi connectivity index (χ4v) is 4.21. The summed E-state index contributed by atoms with van der Waals surface area (Å²) in [6, 6.07) is 0.493. The number of carbonyl (C=O) groups is 1. The molecule has 0 bridgehead atoms. The average Bonchev–Trinajstić information content (AvgIpc) is 3.30. The van der Waals surface area contributed by atoms with Crippen LogP contribution < -0.4 is 5.73 Å². The topological polar surface area (TPSA) is 62.5 Å². The highest BCUT2D eigenvalue weighted by Crippen LogP contribution is 2.32. The zero-order valence-electron chi connectivity index (χ0n) is 14.9. The van der Waals surface area contributed by atoms with Crippen molar-refractivity contribution < 1.29 is 4.79 Å². The van der Waals surface area contributed by atoms with E-state index < -0.39 is 0 Å². The maximum absolute atomic E-state index is 12.7. The Morgan fingerprint density at radius 3 is 2.83 bits per heavy atom. The lowest BCUT2D eigenvalue weighted by molar-refractivity contribution is -0.131. The van der Waals surface area contributed by atoms with E-state index in [9.17, 15) is 4.79 Å². The summed E-state index contributed by atoms with van der Waals surface area (Å²) in [5, 5.41) is 2.54. The molecule has 2 N–H and O–H groups in total. The maximum Gasteiger partial charge on any atom is 0.223 e. The average molecular weight is 351 g/mol. The zero-order chi connectivity index (χ0) is 17.1. The van der Waals surface area contributed by atoms with Gasteiger partial charge >= 0.3 is 0 Å². The molecule has 2 fully saturated rings. The normalized spacial score (nSPS) is 22.8. The Kier molecular flexibility index (Phi) is 5.76. The molecule has 1 amide bonds. The number of nitrogens with zero attached hydrogens (tertiary/aromatic N) is 3. The van der Waals surface area contributed by atoms with Crippen molar-refractivity contribution in [2.45, 2.75) is 52.0 Å².